The molecule has 1 heterocycles. The highest BCUT2D eigenvalue weighted by molar-refractivity contribution is 5.86. The van der Waals surface area contributed by atoms with Gasteiger partial charge in [0.1, 0.15) is 0 Å². The molecule has 1 aliphatic heterocycles. The first kappa shape index (κ1) is 17.0. The number of rotatable bonds is 6. The molecule has 5 nitrogen and oxygen atoms in total. The van der Waals surface area contributed by atoms with Crippen LogP contribution in [0.1, 0.15) is 60.3 Å². The van der Waals surface area contributed by atoms with Gasteiger partial charge in [-0.3, -0.25) is 4.79 Å². The van der Waals surface area contributed by atoms with E-state index >= 15 is 0 Å². The summed E-state index contributed by atoms with van der Waals surface area (Å²) in [5.41, 5.74) is -1.69. The Labute approximate surface area is 120 Å². The smallest absolute Gasteiger partial charge is 0.341 e. The lowest BCUT2D eigenvalue weighted by Gasteiger charge is -2.27. The van der Waals surface area contributed by atoms with Gasteiger partial charge in [0.25, 0.3) is 0 Å². The highest BCUT2D eigenvalue weighted by Crippen LogP contribution is 2.39. The molecular weight excluding hydrogens is 260 g/mol. The van der Waals surface area contributed by atoms with E-state index in [0.717, 1.165) is 12.8 Å². The highest BCUT2D eigenvalue weighted by atomic mass is 16.8. The van der Waals surface area contributed by atoms with Gasteiger partial charge >= 0.3 is 11.9 Å². The first-order valence-corrected chi connectivity index (χ1v) is 7.17. The van der Waals surface area contributed by atoms with Crippen LogP contribution in [0.5, 0.6) is 0 Å². The minimum Gasteiger partial charge on any atom is -0.481 e. The molecule has 0 spiro atoms. The zero-order chi connectivity index (χ0) is 15.6. The molecule has 2 atom stereocenters. The van der Waals surface area contributed by atoms with E-state index in [9.17, 15) is 9.59 Å². The van der Waals surface area contributed by atoms with Gasteiger partial charge in [0.2, 0.25) is 6.29 Å². The van der Waals surface area contributed by atoms with Gasteiger partial charge in [0, 0.05) is 5.41 Å². The summed E-state index contributed by atoms with van der Waals surface area (Å²) in [6.07, 6.45) is 1.04. The van der Waals surface area contributed by atoms with Crippen LogP contribution in [0.3, 0.4) is 0 Å². The summed E-state index contributed by atoms with van der Waals surface area (Å²) >= 11 is 0. The van der Waals surface area contributed by atoms with Crippen molar-refractivity contribution in [1.29, 1.82) is 0 Å². The molecule has 1 aliphatic rings. The summed E-state index contributed by atoms with van der Waals surface area (Å²) in [5, 5.41) is 9.07. The largest absolute Gasteiger partial charge is 0.481 e. The van der Waals surface area contributed by atoms with Gasteiger partial charge in [-0.25, -0.2) is 4.79 Å². The standard InChI is InChI=1S/C15H26O5/c1-10(2)7-6-8-15(9-11(16)17)12(18)19-13(20-15)14(3,4)5/h10,13H,6-9H2,1-5H3,(H,16,17)/t13-,15+/m1/s1. The van der Waals surface area contributed by atoms with E-state index in [2.05, 4.69) is 13.8 Å². The number of aliphatic carboxylic acids is 1. The Hall–Kier alpha value is -1.10. The van der Waals surface area contributed by atoms with Crippen molar-refractivity contribution in [2.75, 3.05) is 0 Å². The van der Waals surface area contributed by atoms with Crippen LogP contribution in [-0.2, 0) is 19.1 Å². The summed E-state index contributed by atoms with van der Waals surface area (Å²) in [6.45, 7) is 9.88. The monoisotopic (exact) mass is 286 g/mol. The molecule has 1 fully saturated rings. The third kappa shape index (κ3) is 4.20. The maximum Gasteiger partial charge on any atom is 0.341 e. The van der Waals surface area contributed by atoms with Crippen molar-refractivity contribution >= 4 is 11.9 Å². The van der Waals surface area contributed by atoms with E-state index in [4.69, 9.17) is 14.6 Å². The van der Waals surface area contributed by atoms with Gasteiger partial charge in [-0.1, -0.05) is 41.0 Å². The Bertz CT molecular complexity index is 369. The van der Waals surface area contributed by atoms with E-state index in [1.165, 1.54) is 0 Å². The molecule has 5 heteroatoms. The lowest BCUT2D eigenvalue weighted by molar-refractivity contribution is -0.161. The Morgan fingerprint density at radius 1 is 1.40 bits per heavy atom. The number of ether oxygens (including phenoxy) is 2. The molecule has 1 rings (SSSR count). The van der Waals surface area contributed by atoms with Crippen LogP contribution in [0.4, 0.5) is 0 Å². The predicted molar refractivity (Wildman–Crippen MR) is 74.1 cm³/mol. The SMILES string of the molecule is CC(C)CCC[C@@]1(CC(=O)O)O[C@H](C(C)(C)C)OC1=O. The van der Waals surface area contributed by atoms with Crippen molar-refractivity contribution in [3.05, 3.63) is 0 Å². The first-order chi connectivity index (χ1) is 9.07. The van der Waals surface area contributed by atoms with E-state index in [1.54, 1.807) is 0 Å². The van der Waals surface area contributed by atoms with Crippen molar-refractivity contribution < 1.29 is 24.2 Å². The van der Waals surface area contributed by atoms with Crippen LogP contribution >= 0.6 is 0 Å². The second-order valence-corrected chi connectivity index (χ2v) is 7.07. The maximum atomic E-state index is 12.2. The third-order valence-electron chi connectivity index (χ3n) is 3.42. The van der Waals surface area contributed by atoms with E-state index in [0.29, 0.717) is 12.3 Å². The van der Waals surface area contributed by atoms with E-state index in [-0.39, 0.29) is 11.8 Å². The molecule has 0 bridgehead atoms. The Balaban J connectivity index is 2.83. The lowest BCUT2D eigenvalue weighted by atomic mass is 9.91. The molecule has 0 aromatic heterocycles. The minimum atomic E-state index is -1.32. The van der Waals surface area contributed by atoms with Crippen LogP contribution in [0, 0.1) is 11.3 Å². The number of cyclic esters (lactones) is 1. The van der Waals surface area contributed by atoms with Crippen molar-refractivity contribution in [2.24, 2.45) is 11.3 Å². The van der Waals surface area contributed by atoms with Gasteiger partial charge in [0.15, 0.2) is 5.60 Å². The summed E-state index contributed by atoms with van der Waals surface area (Å²) in [4.78, 5) is 23.2. The normalized spacial score (nSPS) is 26.9. The van der Waals surface area contributed by atoms with Gasteiger partial charge in [0.05, 0.1) is 6.42 Å². The third-order valence-corrected chi connectivity index (χ3v) is 3.42. The van der Waals surface area contributed by atoms with Crippen LogP contribution < -0.4 is 0 Å². The Morgan fingerprint density at radius 2 is 2.00 bits per heavy atom. The second kappa shape index (κ2) is 6.12. The fourth-order valence-corrected chi connectivity index (χ4v) is 2.24. The average Bonchev–Trinajstić information content (AvgIpc) is 2.54. The Kier molecular flexibility index (Phi) is 5.19. The molecule has 0 saturated carbocycles. The highest BCUT2D eigenvalue weighted by Gasteiger charge is 2.54. The number of carboxylic acids is 1. The van der Waals surface area contributed by atoms with Gasteiger partial charge < -0.3 is 14.6 Å². The van der Waals surface area contributed by atoms with Crippen molar-refractivity contribution in [3.8, 4) is 0 Å². The van der Waals surface area contributed by atoms with Crippen LogP contribution in [0.2, 0.25) is 0 Å². The fraction of sp³-hybridized carbons (Fsp3) is 0.867. The average molecular weight is 286 g/mol. The Morgan fingerprint density at radius 3 is 2.40 bits per heavy atom. The first-order valence-electron chi connectivity index (χ1n) is 7.17. The molecule has 0 aromatic rings. The van der Waals surface area contributed by atoms with Gasteiger partial charge in [-0.15, -0.1) is 0 Å². The summed E-state index contributed by atoms with van der Waals surface area (Å²) in [5.74, 6) is -1.07. The lowest BCUT2D eigenvalue weighted by Crippen LogP contribution is -2.40. The zero-order valence-corrected chi connectivity index (χ0v) is 13.1. The van der Waals surface area contributed by atoms with Crippen molar-refractivity contribution in [1.82, 2.24) is 0 Å². The van der Waals surface area contributed by atoms with Gasteiger partial charge in [-0.05, 0) is 18.8 Å². The molecule has 0 unspecified atom stereocenters. The molecular formula is C15H26O5. The number of carbonyl (C=O) groups is 2. The zero-order valence-electron chi connectivity index (χ0n) is 13.1. The fourth-order valence-electron chi connectivity index (χ4n) is 2.24. The second-order valence-electron chi connectivity index (χ2n) is 7.07. The van der Waals surface area contributed by atoms with Crippen LogP contribution in [0.15, 0.2) is 0 Å². The number of carbonyl (C=O) groups excluding carboxylic acids is 1. The topological polar surface area (TPSA) is 72.8 Å². The van der Waals surface area contributed by atoms with Crippen LogP contribution in [-0.4, -0.2) is 28.9 Å². The maximum absolute atomic E-state index is 12.2. The summed E-state index contributed by atoms with van der Waals surface area (Å²) < 4.78 is 11.0. The number of hydrogen-bond acceptors (Lipinski definition) is 4. The van der Waals surface area contributed by atoms with E-state index < -0.39 is 23.8 Å². The van der Waals surface area contributed by atoms with Crippen LogP contribution in [0.25, 0.3) is 0 Å². The number of carboxylic acid groups (broad SMARTS) is 1. The summed E-state index contributed by atoms with van der Waals surface area (Å²) in [7, 11) is 0. The minimum absolute atomic E-state index is 0.337. The summed E-state index contributed by atoms with van der Waals surface area (Å²) in [6, 6.07) is 0. The molecule has 1 N–H and O–H groups in total. The quantitative estimate of drug-likeness (QED) is 0.760. The predicted octanol–water partition coefficient (Wildman–Crippen LogP) is 2.97. The molecule has 20 heavy (non-hydrogen) atoms. The number of esters is 1. The molecule has 0 aliphatic carbocycles. The number of hydrogen-bond donors (Lipinski definition) is 1. The molecule has 116 valence electrons. The molecule has 0 amide bonds. The molecule has 0 aromatic carbocycles. The van der Waals surface area contributed by atoms with Crippen molar-refractivity contribution in [3.63, 3.8) is 0 Å². The van der Waals surface area contributed by atoms with E-state index in [1.807, 2.05) is 20.8 Å². The molecule has 0 radical (unpaired) electrons. The van der Waals surface area contributed by atoms with Crippen molar-refractivity contribution in [2.45, 2.75) is 72.2 Å². The van der Waals surface area contributed by atoms with Gasteiger partial charge in [-0.2, -0.15) is 0 Å². The molecule has 1 saturated heterocycles.